The van der Waals surface area contributed by atoms with E-state index in [0.717, 1.165) is 0 Å². The second-order valence-electron chi connectivity index (χ2n) is 2.51. The second-order valence-corrected chi connectivity index (χ2v) is 2.51. The van der Waals surface area contributed by atoms with Crippen LogP contribution in [0, 0.1) is 0 Å². The highest BCUT2D eigenvalue weighted by atomic mass is 16.4. The first-order valence-electron chi connectivity index (χ1n) is 3.47. The molecule has 0 saturated heterocycles. The summed E-state index contributed by atoms with van der Waals surface area (Å²) in [4.78, 5) is 10.1. The second kappa shape index (κ2) is 6.65. The normalized spacial score (nSPS) is 18.9. The van der Waals surface area contributed by atoms with Gasteiger partial charge in [0.05, 0.1) is 6.61 Å². The third kappa shape index (κ3) is 3.96. The Balaban J connectivity index is 0. The molecule has 8 heteroatoms. The van der Waals surface area contributed by atoms with E-state index in [1.54, 1.807) is 0 Å². The average Bonchev–Trinajstić information content (AvgIpc) is 2.12. The van der Waals surface area contributed by atoms with Gasteiger partial charge >= 0.3 is 5.97 Å². The van der Waals surface area contributed by atoms with Crippen LogP contribution in [0.2, 0.25) is 0 Å². The molecule has 14 heavy (non-hydrogen) atoms. The lowest BCUT2D eigenvalue weighted by molar-refractivity contribution is -0.164. The van der Waals surface area contributed by atoms with Crippen LogP contribution in [0.3, 0.4) is 0 Å². The van der Waals surface area contributed by atoms with Crippen molar-refractivity contribution in [3.05, 3.63) is 0 Å². The van der Waals surface area contributed by atoms with E-state index in [-0.39, 0.29) is 5.48 Å². The molecule has 0 radical (unpaired) electrons. The number of carboxylic acid groups (broad SMARTS) is 1. The largest absolute Gasteiger partial charge is 0.479 e. The van der Waals surface area contributed by atoms with Gasteiger partial charge in [-0.2, -0.15) is 0 Å². The van der Waals surface area contributed by atoms with Crippen molar-refractivity contribution in [1.82, 2.24) is 0 Å². The highest BCUT2D eigenvalue weighted by molar-refractivity contribution is 5.72. The topological polar surface area (TPSA) is 170 Å². The summed E-state index contributed by atoms with van der Waals surface area (Å²) in [6.07, 6.45) is -7.84. The molecule has 8 nitrogen and oxygen atoms in total. The molecule has 8 N–H and O–H groups in total. The van der Waals surface area contributed by atoms with E-state index in [9.17, 15) is 4.79 Å². The van der Waals surface area contributed by atoms with E-state index in [0.29, 0.717) is 0 Å². The van der Waals surface area contributed by atoms with Gasteiger partial charge in [0, 0.05) is 0 Å². The summed E-state index contributed by atoms with van der Waals surface area (Å²) in [5.41, 5.74) is 0. The number of carbonyl (C=O) groups is 1. The van der Waals surface area contributed by atoms with Crippen molar-refractivity contribution < 1.29 is 40.9 Å². The molecule has 0 aromatic heterocycles. The molecule has 0 bridgehead atoms. The van der Waals surface area contributed by atoms with Gasteiger partial charge in [-0.3, -0.25) is 0 Å². The summed E-state index contributed by atoms with van der Waals surface area (Å²) in [6.45, 7) is -0.843. The quantitative estimate of drug-likeness (QED) is 0.268. The van der Waals surface area contributed by atoms with Crippen molar-refractivity contribution in [2.24, 2.45) is 0 Å². The lowest BCUT2D eigenvalue weighted by Gasteiger charge is -2.23. The van der Waals surface area contributed by atoms with Crippen molar-refractivity contribution >= 4 is 5.97 Å². The molecule has 0 aliphatic heterocycles. The first kappa shape index (κ1) is 15.7. The molecule has 4 atom stereocenters. The molecule has 0 saturated carbocycles. The SMILES string of the molecule is O.O=C(O)[C@@H](O)[C@@H](O)[C@H](O)[C@@H](O)CO. The van der Waals surface area contributed by atoms with Crippen LogP contribution in [0.4, 0.5) is 0 Å². The van der Waals surface area contributed by atoms with Crippen LogP contribution >= 0.6 is 0 Å². The molecular weight excluding hydrogens is 200 g/mol. The number of rotatable bonds is 5. The number of aliphatic hydroxyl groups is 5. The highest BCUT2D eigenvalue weighted by Gasteiger charge is 2.33. The predicted molar refractivity (Wildman–Crippen MR) is 42.4 cm³/mol. The third-order valence-corrected chi connectivity index (χ3v) is 1.51. The number of hydrogen-bond acceptors (Lipinski definition) is 6. The van der Waals surface area contributed by atoms with Crippen LogP contribution < -0.4 is 0 Å². The zero-order chi connectivity index (χ0) is 10.6. The summed E-state index contributed by atoms with van der Waals surface area (Å²) in [5.74, 6) is -1.73. The van der Waals surface area contributed by atoms with Gasteiger partial charge in [0.15, 0.2) is 6.10 Å². The van der Waals surface area contributed by atoms with Gasteiger partial charge in [0.1, 0.15) is 18.3 Å². The van der Waals surface area contributed by atoms with E-state index in [2.05, 4.69) is 0 Å². The van der Waals surface area contributed by atoms with Crippen molar-refractivity contribution in [3.8, 4) is 0 Å². The lowest BCUT2D eigenvalue weighted by Crippen LogP contribution is -2.48. The van der Waals surface area contributed by atoms with Crippen molar-refractivity contribution in [2.75, 3.05) is 6.61 Å². The van der Waals surface area contributed by atoms with E-state index >= 15 is 0 Å². The van der Waals surface area contributed by atoms with Gasteiger partial charge in [-0.1, -0.05) is 0 Å². The summed E-state index contributed by atoms with van der Waals surface area (Å²) in [6, 6.07) is 0. The maximum absolute atomic E-state index is 10.1. The van der Waals surface area contributed by atoms with Crippen molar-refractivity contribution in [1.29, 1.82) is 0 Å². The molecule has 0 spiro atoms. The van der Waals surface area contributed by atoms with Crippen LogP contribution in [0.5, 0.6) is 0 Å². The van der Waals surface area contributed by atoms with Gasteiger partial charge in [-0.15, -0.1) is 0 Å². The monoisotopic (exact) mass is 214 g/mol. The number of hydrogen-bond donors (Lipinski definition) is 6. The maximum atomic E-state index is 10.1. The van der Waals surface area contributed by atoms with E-state index in [1.165, 1.54) is 0 Å². The number of aliphatic carboxylic acids is 1. The molecule has 0 heterocycles. The Morgan fingerprint density at radius 3 is 1.79 bits per heavy atom. The van der Waals surface area contributed by atoms with Crippen LogP contribution in [0.25, 0.3) is 0 Å². The Bertz CT molecular complexity index is 171. The summed E-state index contributed by atoms with van der Waals surface area (Å²) in [5, 5.41) is 51.8. The fourth-order valence-corrected chi connectivity index (χ4v) is 0.668. The molecule has 86 valence electrons. The number of aliphatic hydroxyl groups excluding tert-OH is 5. The van der Waals surface area contributed by atoms with Crippen molar-refractivity contribution in [2.45, 2.75) is 24.4 Å². The van der Waals surface area contributed by atoms with E-state index < -0.39 is 37.0 Å². The van der Waals surface area contributed by atoms with E-state index in [4.69, 9.17) is 30.6 Å². The molecule has 0 rings (SSSR count). The van der Waals surface area contributed by atoms with Gasteiger partial charge < -0.3 is 36.1 Å². The zero-order valence-corrected chi connectivity index (χ0v) is 7.11. The Kier molecular flexibility index (Phi) is 7.45. The first-order chi connectivity index (χ1) is 5.91. The molecule has 0 aromatic rings. The molecule has 0 aliphatic rings. The van der Waals surface area contributed by atoms with Gasteiger partial charge in [-0.05, 0) is 0 Å². The summed E-state index contributed by atoms with van der Waals surface area (Å²) >= 11 is 0. The molecular formula is C6H14O8. The Hall–Kier alpha value is -0.770. The standard InChI is InChI=1S/C6H12O7.H2O/c7-1-2(8)3(9)4(10)5(11)6(12)13;/h2-5,7-11H,1H2,(H,12,13);1H2/t2-,3+,4-,5-;/m0./s1. The fraction of sp³-hybridized carbons (Fsp3) is 0.833. The first-order valence-corrected chi connectivity index (χ1v) is 3.47. The van der Waals surface area contributed by atoms with Crippen LogP contribution in [-0.4, -0.2) is 73.1 Å². The molecule has 0 aliphatic carbocycles. The minimum atomic E-state index is -2.20. The molecule has 0 amide bonds. The summed E-state index contributed by atoms with van der Waals surface area (Å²) < 4.78 is 0. The van der Waals surface area contributed by atoms with Gasteiger partial charge in [0.25, 0.3) is 0 Å². The molecule has 0 aromatic carbocycles. The van der Waals surface area contributed by atoms with Crippen LogP contribution in [-0.2, 0) is 4.79 Å². The highest BCUT2D eigenvalue weighted by Crippen LogP contribution is 2.04. The van der Waals surface area contributed by atoms with Crippen molar-refractivity contribution in [3.63, 3.8) is 0 Å². The molecule has 0 fully saturated rings. The maximum Gasteiger partial charge on any atom is 0.335 e. The Morgan fingerprint density at radius 1 is 1.07 bits per heavy atom. The van der Waals surface area contributed by atoms with Gasteiger partial charge in [0.2, 0.25) is 0 Å². The number of carboxylic acids is 1. The van der Waals surface area contributed by atoms with Crippen LogP contribution in [0.1, 0.15) is 0 Å². The minimum Gasteiger partial charge on any atom is -0.479 e. The lowest BCUT2D eigenvalue weighted by atomic mass is 10.0. The minimum absolute atomic E-state index is 0. The smallest absolute Gasteiger partial charge is 0.335 e. The zero-order valence-electron chi connectivity index (χ0n) is 7.11. The average molecular weight is 214 g/mol. The predicted octanol–water partition coefficient (Wildman–Crippen LogP) is -4.32. The fourth-order valence-electron chi connectivity index (χ4n) is 0.668. The third-order valence-electron chi connectivity index (χ3n) is 1.51. The van der Waals surface area contributed by atoms with Crippen LogP contribution in [0.15, 0.2) is 0 Å². The Morgan fingerprint density at radius 2 is 1.50 bits per heavy atom. The summed E-state index contributed by atoms with van der Waals surface area (Å²) in [7, 11) is 0. The Labute approximate surface area is 79.0 Å². The van der Waals surface area contributed by atoms with Gasteiger partial charge in [-0.25, -0.2) is 4.79 Å². The van der Waals surface area contributed by atoms with E-state index in [1.807, 2.05) is 0 Å². The molecule has 0 unspecified atom stereocenters.